The van der Waals surface area contributed by atoms with Gasteiger partial charge in [-0.05, 0) is 23.8 Å². The molecule has 2 aromatic carbocycles. The van der Waals surface area contributed by atoms with E-state index in [-0.39, 0.29) is 6.42 Å². The van der Waals surface area contributed by atoms with Gasteiger partial charge in [0.1, 0.15) is 11.7 Å². The molecule has 0 saturated heterocycles. The molecule has 1 heterocycles. The highest BCUT2D eigenvalue weighted by atomic mass is 19.4. The predicted octanol–water partition coefficient (Wildman–Crippen LogP) is 3.37. The molecule has 9 heteroatoms. The SMILES string of the molecule is O=C(NC(Cc1ccccc1)C(=O)Nc1cc(C(F)(F)F)c[nH]c1=O)c1ccccc1. The summed E-state index contributed by atoms with van der Waals surface area (Å²) in [5.41, 5.74) is -1.55. The van der Waals surface area contributed by atoms with Crippen LogP contribution in [-0.2, 0) is 17.4 Å². The first-order valence-electron chi connectivity index (χ1n) is 9.24. The molecule has 1 atom stereocenters. The summed E-state index contributed by atoms with van der Waals surface area (Å²) in [6, 6.07) is 16.3. The molecule has 6 nitrogen and oxygen atoms in total. The third-order valence-electron chi connectivity index (χ3n) is 4.43. The Morgan fingerprint density at radius 1 is 0.968 bits per heavy atom. The molecule has 0 spiro atoms. The van der Waals surface area contributed by atoms with Crippen molar-refractivity contribution >= 4 is 17.5 Å². The summed E-state index contributed by atoms with van der Waals surface area (Å²) < 4.78 is 38.9. The van der Waals surface area contributed by atoms with E-state index in [1.807, 2.05) is 4.98 Å². The van der Waals surface area contributed by atoms with Crippen molar-refractivity contribution in [2.24, 2.45) is 0 Å². The Balaban J connectivity index is 1.85. The van der Waals surface area contributed by atoms with Gasteiger partial charge in [-0.1, -0.05) is 48.5 Å². The fourth-order valence-corrected chi connectivity index (χ4v) is 2.85. The van der Waals surface area contributed by atoms with E-state index in [0.717, 1.165) is 0 Å². The molecule has 0 saturated carbocycles. The average molecular weight is 429 g/mol. The molecule has 3 N–H and O–H groups in total. The molecule has 3 aromatic rings. The number of halogens is 3. The van der Waals surface area contributed by atoms with E-state index >= 15 is 0 Å². The Morgan fingerprint density at radius 2 is 1.58 bits per heavy atom. The molecular weight excluding hydrogens is 411 g/mol. The highest BCUT2D eigenvalue weighted by Gasteiger charge is 2.32. The van der Waals surface area contributed by atoms with Gasteiger partial charge in [0.25, 0.3) is 11.5 Å². The van der Waals surface area contributed by atoms with Gasteiger partial charge >= 0.3 is 6.18 Å². The molecule has 160 valence electrons. The Bertz CT molecular complexity index is 1110. The molecule has 0 aliphatic carbocycles. The normalized spacial score (nSPS) is 12.1. The number of carbonyl (C=O) groups excluding carboxylic acids is 2. The van der Waals surface area contributed by atoms with Crippen LogP contribution in [0.3, 0.4) is 0 Å². The van der Waals surface area contributed by atoms with Gasteiger partial charge in [-0.2, -0.15) is 13.2 Å². The van der Waals surface area contributed by atoms with E-state index in [0.29, 0.717) is 23.4 Å². The van der Waals surface area contributed by atoms with E-state index in [1.165, 1.54) is 0 Å². The van der Waals surface area contributed by atoms with Crippen LogP contribution in [0.5, 0.6) is 0 Å². The molecule has 0 radical (unpaired) electrons. The van der Waals surface area contributed by atoms with Gasteiger partial charge in [0.15, 0.2) is 0 Å². The zero-order chi connectivity index (χ0) is 22.4. The van der Waals surface area contributed by atoms with Crippen LogP contribution in [-0.4, -0.2) is 22.8 Å². The third-order valence-corrected chi connectivity index (χ3v) is 4.43. The molecule has 3 rings (SSSR count). The minimum absolute atomic E-state index is 0.0715. The standard InChI is InChI=1S/C22H18F3N3O3/c23-22(24,25)16-12-18(20(30)26-13-16)28-21(31)17(11-14-7-3-1-4-8-14)27-19(29)15-9-5-2-6-10-15/h1-10,12-13,17H,11H2,(H,26,30)(H,27,29)(H,28,31). The van der Waals surface area contributed by atoms with Gasteiger partial charge in [0, 0.05) is 18.2 Å². The molecule has 0 fully saturated rings. The number of benzene rings is 2. The smallest absolute Gasteiger partial charge is 0.340 e. The molecule has 31 heavy (non-hydrogen) atoms. The first-order valence-corrected chi connectivity index (χ1v) is 9.24. The Hall–Kier alpha value is -3.88. The van der Waals surface area contributed by atoms with Gasteiger partial charge in [0.05, 0.1) is 5.56 Å². The monoisotopic (exact) mass is 429 g/mol. The van der Waals surface area contributed by atoms with Crippen LogP contribution in [0, 0.1) is 0 Å². The van der Waals surface area contributed by atoms with Crippen molar-refractivity contribution in [3.63, 3.8) is 0 Å². The summed E-state index contributed by atoms with van der Waals surface area (Å²) >= 11 is 0. The Labute approximate surface area is 175 Å². The highest BCUT2D eigenvalue weighted by molar-refractivity contribution is 6.01. The first-order chi connectivity index (χ1) is 14.7. The quantitative estimate of drug-likeness (QED) is 0.561. The number of amides is 2. The van der Waals surface area contributed by atoms with Crippen LogP contribution in [0.15, 0.2) is 77.7 Å². The molecule has 2 amide bonds. The van der Waals surface area contributed by atoms with Crippen LogP contribution in [0.25, 0.3) is 0 Å². The summed E-state index contributed by atoms with van der Waals surface area (Å²) in [5.74, 6) is -1.35. The minimum atomic E-state index is -4.70. The second-order valence-electron chi connectivity index (χ2n) is 6.70. The van der Waals surface area contributed by atoms with Crippen LogP contribution in [0.1, 0.15) is 21.5 Å². The van der Waals surface area contributed by atoms with Crippen LogP contribution >= 0.6 is 0 Å². The molecule has 1 unspecified atom stereocenters. The topological polar surface area (TPSA) is 91.1 Å². The zero-order valence-corrected chi connectivity index (χ0v) is 16.1. The van der Waals surface area contributed by atoms with Crippen molar-refractivity contribution < 1.29 is 22.8 Å². The zero-order valence-electron chi connectivity index (χ0n) is 16.1. The summed E-state index contributed by atoms with van der Waals surface area (Å²) in [5, 5.41) is 4.78. The largest absolute Gasteiger partial charge is 0.417 e. The lowest BCUT2D eigenvalue weighted by Gasteiger charge is -2.19. The van der Waals surface area contributed by atoms with Gasteiger partial charge in [-0.15, -0.1) is 0 Å². The maximum atomic E-state index is 13.0. The van der Waals surface area contributed by atoms with Crippen molar-refractivity contribution in [2.45, 2.75) is 18.6 Å². The second-order valence-corrected chi connectivity index (χ2v) is 6.70. The van der Waals surface area contributed by atoms with Crippen molar-refractivity contribution in [3.8, 4) is 0 Å². The number of hydrogen-bond acceptors (Lipinski definition) is 3. The van der Waals surface area contributed by atoms with Crippen LogP contribution < -0.4 is 16.2 Å². The summed E-state index contributed by atoms with van der Waals surface area (Å²) in [6.07, 6.45) is -4.10. The lowest BCUT2D eigenvalue weighted by molar-refractivity contribution is -0.137. The predicted molar refractivity (Wildman–Crippen MR) is 109 cm³/mol. The van der Waals surface area contributed by atoms with Crippen LogP contribution in [0.4, 0.5) is 18.9 Å². The molecule has 0 aliphatic heterocycles. The van der Waals surface area contributed by atoms with Crippen molar-refractivity contribution in [3.05, 3.63) is 100.0 Å². The average Bonchev–Trinajstić information content (AvgIpc) is 2.75. The molecule has 0 bridgehead atoms. The number of carbonyl (C=O) groups is 2. The van der Waals surface area contributed by atoms with E-state index in [4.69, 9.17) is 0 Å². The van der Waals surface area contributed by atoms with E-state index in [2.05, 4.69) is 10.6 Å². The van der Waals surface area contributed by atoms with E-state index in [1.54, 1.807) is 60.7 Å². The van der Waals surface area contributed by atoms with Crippen molar-refractivity contribution in [1.29, 1.82) is 0 Å². The van der Waals surface area contributed by atoms with E-state index < -0.39 is 40.8 Å². The number of alkyl halides is 3. The van der Waals surface area contributed by atoms with Crippen molar-refractivity contribution in [2.75, 3.05) is 5.32 Å². The lowest BCUT2D eigenvalue weighted by atomic mass is 10.0. The number of nitrogens with one attached hydrogen (secondary N) is 3. The maximum absolute atomic E-state index is 13.0. The van der Waals surface area contributed by atoms with Gasteiger partial charge in [0.2, 0.25) is 5.91 Å². The minimum Gasteiger partial charge on any atom is -0.340 e. The number of rotatable bonds is 6. The molecule has 0 aliphatic rings. The lowest BCUT2D eigenvalue weighted by Crippen LogP contribution is -2.45. The van der Waals surface area contributed by atoms with Crippen molar-refractivity contribution in [1.82, 2.24) is 10.3 Å². The summed E-state index contributed by atoms with van der Waals surface area (Å²) in [6.45, 7) is 0. The number of hydrogen-bond donors (Lipinski definition) is 3. The first kappa shape index (κ1) is 21.8. The maximum Gasteiger partial charge on any atom is 0.417 e. The fourth-order valence-electron chi connectivity index (χ4n) is 2.85. The van der Waals surface area contributed by atoms with E-state index in [9.17, 15) is 27.6 Å². The van der Waals surface area contributed by atoms with Crippen LogP contribution in [0.2, 0.25) is 0 Å². The van der Waals surface area contributed by atoms with Gasteiger partial charge in [-0.3, -0.25) is 14.4 Å². The molecular formula is C22H18F3N3O3. The number of anilines is 1. The fraction of sp³-hybridized carbons (Fsp3) is 0.136. The summed E-state index contributed by atoms with van der Waals surface area (Å²) in [7, 11) is 0. The highest BCUT2D eigenvalue weighted by Crippen LogP contribution is 2.29. The number of H-pyrrole nitrogens is 1. The number of pyridine rings is 1. The number of aromatic nitrogens is 1. The second kappa shape index (κ2) is 9.29. The number of aromatic amines is 1. The Kier molecular flexibility index (Phi) is 6.54. The van der Waals surface area contributed by atoms with Gasteiger partial charge < -0.3 is 15.6 Å². The molecule has 1 aromatic heterocycles. The third kappa shape index (κ3) is 5.81. The summed E-state index contributed by atoms with van der Waals surface area (Å²) in [4.78, 5) is 39.3. The Morgan fingerprint density at radius 3 is 2.19 bits per heavy atom. The van der Waals surface area contributed by atoms with Gasteiger partial charge in [-0.25, -0.2) is 0 Å².